The topological polar surface area (TPSA) is 89.9 Å². The van der Waals surface area contributed by atoms with E-state index in [1.54, 1.807) is 6.08 Å². The van der Waals surface area contributed by atoms with Crippen LogP contribution >= 0.6 is 0 Å². The number of hydrogen-bond donors (Lipinski definition) is 1. The molecule has 0 bridgehead atoms. The molecule has 0 radical (unpaired) electrons. The second-order valence-electron chi connectivity index (χ2n) is 5.80. The maximum atomic E-state index is 12.0. The second-order valence-corrected chi connectivity index (χ2v) is 5.80. The molecule has 1 heterocycles. The Morgan fingerprint density at radius 3 is 2.78 bits per heavy atom. The molecule has 0 amide bonds. The molecule has 2 atom stereocenters. The molecule has 6 nitrogen and oxygen atoms in total. The van der Waals surface area contributed by atoms with Gasteiger partial charge in [-0.3, -0.25) is 9.59 Å². The third-order valence-electron chi connectivity index (χ3n) is 3.93. The van der Waals surface area contributed by atoms with Crippen molar-refractivity contribution < 1.29 is 29.0 Å². The molecule has 1 N–H and O–H groups in total. The highest BCUT2D eigenvalue weighted by Gasteiger charge is 2.38. The fraction of sp³-hybridized carbons (Fsp3) is 0.471. The number of esters is 2. The van der Waals surface area contributed by atoms with Crippen LogP contribution in [0.3, 0.4) is 0 Å². The van der Waals surface area contributed by atoms with Crippen molar-refractivity contribution in [2.45, 2.75) is 45.3 Å². The Morgan fingerprint density at radius 1 is 1.43 bits per heavy atom. The van der Waals surface area contributed by atoms with Gasteiger partial charge in [-0.1, -0.05) is 12.2 Å². The quantitative estimate of drug-likeness (QED) is 0.470. The van der Waals surface area contributed by atoms with E-state index in [0.29, 0.717) is 24.0 Å². The van der Waals surface area contributed by atoms with Gasteiger partial charge in [0.15, 0.2) is 5.78 Å². The van der Waals surface area contributed by atoms with E-state index in [0.717, 1.165) is 5.57 Å². The van der Waals surface area contributed by atoms with Gasteiger partial charge < -0.3 is 14.6 Å². The lowest BCUT2D eigenvalue weighted by molar-refractivity contribution is -0.142. The molecule has 2 unspecified atom stereocenters. The largest absolute Gasteiger partial charge is 0.461 e. The number of hydrogen-bond acceptors (Lipinski definition) is 6. The molecule has 2 rings (SSSR count). The zero-order valence-electron chi connectivity index (χ0n) is 13.3. The van der Waals surface area contributed by atoms with E-state index in [1.807, 2.05) is 6.92 Å². The van der Waals surface area contributed by atoms with Gasteiger partial charge in [0.2, 0.25) is 0 Å². The standard InChI is InChI=1S/C17H20O6/c1-9-4-5-13(19)10(2)7-14(20)16-12(8-22-11(3)18)17(21)23-15(16)6-9/h6,14-15,20H,2,4-5,7-8H2,1,3H3. The Bertz CT molecular complexity index is 625. The van der Waals surface area contributed by atoms with Crippen LogP contribution < -0.4 is 0 Å². The number of aliphatic hydroxyl groups excluding tert-OH is 1. The molecule has 0 spiro atoms. The van der Waals surface area contributed by atoms with Crippen LogP contribution in [-0.2, 0) is 23.9 Å². The molecule has 23 heavy (non-hydrogen) atoms. The van der Waals surface area contributed by atoms with Crippen LogP contribution in [0.2, 0.25) is 0 Å². The van der Waals surface area contributed by atoms with Gasteiger partial charge in [-0.2, -0.15) is 0 Å². The minimum atomic E-state index is -1.09. The van der Waals surface area contributed by atoms with Gasteiger partial charge in [0.1, 0.15) is 12.7 Å². The van der Waals surface area contributed by atoms with Crippen molar-refractivity contribution in [3.63, 3.8) is 0 Å². The smallest absolute Gasteiger partial charge is 0.338 e. The van der Waals surface area contributed by atoms with Gasteiger partial charge in [-0.15, -0.1) is 0 Å². The van der Waals surface area contributed by atoms with Gasteiger partial charge in [0.25, 0.3) is 0 Å². The van der Waals surface area contributed by atoms with Crippen LogP contribution in [0.5, 0.6) is 0 Å². The summed E-state index contributed by atoms with van der Waals surface area (Å²) in [6.45, 7) is 6.52. The number of fused-ring (bicyclic) bond motifs is 1. The van der Waals surface area contributed by atoms with Gasteiger partial charge in [-0.25, -0.2) is 4.79 Å². The van der Waals surface area contributed by atoms with Crippen molar-refractivity contribution in [2.75, 3.05) is 6.61 Å². The Labute approximate surface area is 134 Å². The third-order valence-corrected chi connectivity index (χ3v) is 3.93. The second kappa shape index (κ2) is 6.91. The normalized spacial score (nSPS) is 25.7. The summed E-state index contributed by atoms with van der Waals surface area (Å²) >= 11 is 0. The number of Topliss-reactive ketones (excluding diaryl/α,β-unsaturated/α-hetero) is 1. The van der Waals surface area contributed by atoms with Crippen molar-refractivity contribution in [3.05, 3.63) is 34.9 Å². The number of ether oxygens (including phenoxy) is 2. The average molecular weight is 320 g/mol. The molecule has 1 aliphatic carbocycles. The molecule has 0 aromatic heterocycles. The first-order valence-corrected chi connectivity index (χ1v) is 7.43. The zero-order valence-corrected chi connectivity index (χ0v) is 13.3. The van der Waals surface area contributed by atoms with E-state index in [9.17, 15) is 19.5 Å². The highest BCUT2D eigenvalue weighted by Crippen LogP contribution is 2.32. The number of carbonyl (C=O) groups is 3. The maximum Gasteiger partial charge on any atom is 0.338 e. The number of carbonyl (C=O) groups excluding carboxylic acids is 3. The first-order valence-electron chi connectivity index (χ1n) is 7.43. The van der Waals surface area contributed by atoms with E-state index in [2.05, 4.69) is 6.58 Å². The third kappa shape index (κ3) is 3.96. The highest BCUT2D eigenvalue weighted by molar-refractivity contribution is 5.96. The van der Waals surface area contributed by atoms with E-state index >= 15 is 0 Å². The summed E-state index contributed by atoms with van der Waals surface area (Å²) in [4.78, 5) is 35.0. The van der Waals surface area contributed by atoms with Crippen molar-refractivity contribution >= 4 is 17.7 Å². The molecule has 1 aliphatic heterocycles. The van der Waals surface area contributed by atoms with Crippen molar-refractivity contribution in [3.8, 4) is 0 Å². The van der Waals surface area contributed by atoms with Crippen LogP contribution in [0, 0.1) is 0 Å². The fourth-order valence-corrected chi connectivity index (χ4v) is 2.66. The Kier molecular flexibility index (Phi) is 5.15. The number of aliphatic hydroxyl groups is 1. The lowest BCUT2D eigenvalue weighted by Gasteiger charge is -2.20. The number of rotatable bonds is 2. The SMILES string of the molecule is C=C1CC(O)C2=C(COC(C)=O)C(=O)OC2C=C(C)CCC1=O. The molecular weight excluding hydrogens is 300 g/mol. The van der Waals surface area contributed by atoms with Crippen LogP contribution in [-0.4, -0.2) is 41.6 Å². The summed E-state index contributed by atoms with van der Waals surface area (Å²) in [6.07, 6.45) is 0.804. The summed E-state index contributed by atoms with van der Waals surface area (Å²) in [5, 5.41) is 10.5. The highest BCUT2D eigenvalue weighted by atomic mass is 16.6. The van der Waals surface area contributed by atoms with Crippen LogP contribution in [0.25, 0.3) is 0 Å². The van der Waals surface area contributed by atoms with Crippen LogP contribution in [0.4, 0.5) is 0 Å². The summed E-state index contributed by atoms with van der Waals surface area (Å²) in [5.74, 6) is -1.26. The molecular formula is C17H20O6. The van der Waals surface area contributed by atoms with Gasteiger partial charge in [-0.05, 0) is 25.0 Å². The molecule has 124 valence electrons. The maximum absolute atomic E-state index is 12.0. The first-order chi connectivity index (χ1) is 10.8. The Balaban J connectivity index is 2.42. The molecule has 0 aromatic rings. The summed E-state index contributed by atoms with van der Waals surface area (Å²) in [7, 11) is 0. The van der Waals surface area contributed by atoms with Crippen molar-refractivity contribution in [2.24, 2.45) is 0 Å². The molecule has 6 heteroatoms. The monoisotopic (exact) mass is 320 g/mol. The van der Waals surface area contributed by atoms with Crippen molar-refractivity contribution in [1.82, 2.24) is 0 Å². The number of allylic oxidation sites excluding steroid dienone is 1. The molecule has 0 fully saturated rings. The zero-order chi connectivity index (χ0) is 17.1. The predicted molar refractivity (Wildman–Crippen MR) is 81.3 cm³/mol. The summed E-state index contributed by atoms with van der Waals surface area (Å²) < 4.78 is 10.2. The van der Waals surface area contributed by atoms with E-state index in [4.69, 9.17) is 9.47 Å². The van der Waals surface area contributed by atoms with Gasteiger partial charge in [0, 0.05) is 25.3 Å². The predicted octanol–water partition coefficient (Wildman–Crippen LogP) is 1.39. The van der Waals surface area contributed by atoms with Crippen LogP contribution in [0.1, 0.15) is 33.1 Å². The Morgan fingerprint density at radius 2 is 2.13 bits per heavy atom. The van der Waals surface area contributed by atoms with Crippen molar-refractivity contribution in [1.29, 1.82) is 0 Å². The van der Waals surface area contributed by atoms with Gasteiger partial charge in [0.05, 0.1) is 11.7 Å². The molecule has 2 aliphatic rings. The first kappa shape index (κ1) is 17.1. The number of ketones is 1. The fourth-order valence-electron chi connectivity index (χ4n) is 2.66. The van der Waals surface area contributed by atoms with E-state index in [1.165, 1.54) is 6.92 Å². The summed E-state index contributed by atoms with van der Waals surface area (Å²) in [6, 6.07) is 0. The minimum Gasteiger partial charge on any atom is -0.461 e. The lowest BCUT2D eigenvalue weighted by atomic mass is 9.89. The Hall–Kier alpha value is -2.21. The molecule has 0 aromatic carbocycles. The van der Waals surface area contributed by atoms with Crippen LogP contribution in [0.15, 0.2) is 34.9 Å². The summed E-state index contributed by atoms with van der Waals surface area (Å²) in [5.41, 5.74) is 1.66. The lowest BCUT2D eigenvalue weighted by Crippen LogP contribution is -2.23. The average Bonchev–Trinajstić information content (AvgIpc) is 2.77. The van der Waals surface area contributed by atoms with Gasteiger partial charge >= 0.3 is 11.9 Å². The molecule has 0 saturated heterocycles. The molecule has 0 saturated carbocycles. The van der Waals surface area contributed by atoms with E-state index < -0.39 is 24.1 Å². The van der Waals surface area contributed by atoms with E-state index in [-0.39, 0.29) is 24.4 Å². The minimum absolute atomic E-state index is 0.0256.